The first-order chi connectivity index (χ1) is 16.8. The summed E-state index contributed by atoms with van der Waals surface area (Å²) in [5.41, 5.74) is 3.87. The molecule has 4 atom stereocenters. The van der Waals surface area contributed by atoms with Crippen molar-refractivity contribution in [3.63, 3.8) is 0 Å². The van der Waals surface area contributed by atoms with Crippen LogP contribution in [0.2, 0.25) is 0 Å². The predicted octanol–water partition coefficient (Wildman–Crippen LogP) is 4.35. The van der Waals surface area contributed by atoms with Gasteiger partial charge in [-0.1, -0.05) is 59.7 Å². The van der Waals surface area contributed by atoms with Crippen molar-refractivity contribution in [3.8, 4) is 0 Å². The molecule has 35 heavy (non-hydrogen) atoms. The molecule has 0 aliphatic carbocycles. The number of aliphatic hydroxyl groups excluding tert-OH is 1. The summed E-state index contributed by atoms with van der Waals surface area (Å²) in [6, 6.07) is 14.5. The van der Waals surface area contributed by atoms with E-state index in [4.69, 9.17) is 14.2 Å². The molecule has 0 unspecified atom stereocenters. The largest absolute Gasteiger partial charge is 0.511 e. The first-order valence-corrected chi connectivity index (χ1v) is 11.9. The molecule has 7 nitrogen and oxygen atoms in total. The van der Waals surface area contributed by atoms with Gasteiger partial charge in [0.25, 0.3) is 0 Å². The van der Waals surface area contributed by atoms with E-state index in [2.05, 4.69) is 4.90 Å². The van der Waals surface area contributed by atoms with Crippen LogP contribution in [0.1, 0.15) is 47.2 Å². The minimum atomic E-state index is -1.10. The Balaban J connectivity index is 1.97. The van der Waals surface area contributed by atoms with Crippen molar-refractivity contribution < 1.29 is 28.9 Å². The molecule has 186 valence electrons. The fourth-order valence-electron chi connectivity index (χ4n) is 5.17. The van der Waals surface area contributed by atoms with E-state index in [0.717, 1.165) is 35.1 Å². The highest BCUT2D eigenvalue weighted by Gasteiger charge is 2.50. The van der Waals surface area contributed by atoms with Crippen LogP contribution in [-0.4, -0.2) is 55.4 Å². The Bertz CT molecular complexity index is 1090. The van der Waals surface area contributed by atoms with Gasteiger partial charge in [-0.25, -0.2) is 4.79 Å². The summed E-state index contributed by atoms with van der Waals surface area (Å²) in [6.45, 7) is 5.13. The van der Waals surface area contributed by atoms with E-state index in [1.54, 1.807) is 0 Å². The standard InChI is InChI=1S/C28H33NO6/c1-17-7-11-19(12-8-17)24-22(27(31)33-3)26(30)23(28(32)34-4)25(20-13-9-18(2)10-14-20)29(24)16-21-6-5-15-35-21/h7-14,21-22,24-25,30H,5-6,15-16H2,1-4H3/t21-,22-,24-,25-/m0/s1. The van der Waals surface area contributed by atoms with Crippen molar-refractivity contribution in [1.82, 2.24) is 4.90 Å². The summed E-state index contributed by atoms with van der Waals surface area (Å²) >= 11 is 0. The van der Waals surface area contributed by atoms with Gasteiger partial charge in [-0.3, -0.25) is 9.69 Å². The molecule has 1 N–H and O–H groups in total. The Kier molecular flexibility index (Phi) is 7.57. The Labute approximate surface area is 206 Å². The molecular formula is C28H33NO6. The summed E-state index contributed by atoms with van der Waals surface area (Å²) in [7, 11) is 2.56. The second-order valence-electron chi connectivity index (χ2n) is 9.29. The number of hydrogen-bond donors (Lipinski definition) is 1. The minimum Gasteiger partial charge on any atom is -0.511 e. The maximum absolute atomic E-state index is 13.1. The van der Waals surface area contributed by atoms with Gasteiger partial charge in [0.1, 0.15) is 11.7 Å². The first kappa shape index (κ1) is 24.9. The van der Waals surface area contributed by atoms with Crippen LogP contribution in [0.5, 0.6) is 0 Å². The predicted molar refractivity (Wildman–Crippen MR) is 131 cm³/mol. The van der Waals surface area contributed by atoms with E-state index in [1.807, 2.05) is 62.4 Å². The SMILES string of the molecule is COC(=O)C1=C(O)[C@@H](C(=O)OC)[C@H](c2ccc(C)cc2)N(C[C@@H]2CCCO2)[C@H]1c1ccc(C)cc1. The highest BCUT2D eigenvalue weighted by molar-refractivity contribution is 5.93. The molecule has 0 bridgehead atoms. The summed E-state index contributed by atoms with van der Waals surface area (Å²) in [6.07, 6.45) is 1.77. The zero-order chi connectivity index (χ0) is 25.1. The fraction of sp³-hybridized carbons (Fsp3) is 0.429. The number of benzene rings is 2. The normalized spacial score (nSPS) is 24.9. The molecule has 0 radical (unpaired) electrons. The van der Waals surface area contributed by atoms with Gasteiger partial charge >= 0.3 is 11.9 Å². The minimum absolute atomic E-state index is 0.0492. The number of rotatable bonds is 6. The van der Waals surface area contributed by atoms with Crippen LogP contribution in [0.15, 0.2) is 59.9 Å². The third-order valence-corrected chi connectivity index (χ3v) is 6.96. The summed E-state index contributed by atoms with van der Waals surface area (Å²) in [5, 5.41) is 11.5. The first-order valence-electron chi connectivity index (χ1n) is 11.9. The summed E-state index contributed by atoms with van der Waals surface area (Å²) < 4.78 is 16.2. The highest BCUT2D eigenvalue weighted by atomic mass is 16.5. The van der Waals surface area contributed by atoms with Crippen LogP contribution in [0.3, 0.4) is 0 Å². The molecule has 0 amide bonds. The molecule has 0 spiro atoms. The van der Waals surface area contributed by atoms with Gasteiger partial charge in [0, 0.05) is 13.2 Å². The molecule has 1 fully saturated rings. The maximum atomic E-state index is 13.1. The Morgan fingerprint density at radius 1 is 0.971 bits per heavy atom. The van der Waals surface area contributed by atoms with Gasteiger partial charge in [-0.15, -0.1) is 0 Å². The van der Waals surface area contributed by atoms with Crippen molar-refractivity contribution in [1.29, 1.82) is 0 Å². The molecule has 2 aromatic rings. The molecular weight excluding hydrogens is 446 g/mol. The zero-order valence-electron chi connectivity index (χ0n) is 20.7. The second kappa shape index (κ2) is 10.6. The molecule has 0 aromatic heterocycles. The third-order valence-electron chi connectivity index (χ3n) is 6.96. The number of carbonyl (C=O) groups excluding carboxylic acids is 2. The summed E-state index contributed by atoms with van der Waals surface area (Å²) in [5.74, 6) is -2.71. The number of carbonyl (C=O) groups is 2. The van der Waals surface area contributed by atoms with Gasteiger partial charge in [0.05, 0.1) is 38.0 Å². The van der Waals surface area contributed by atoms with Crippen LogP contribution < -0.4 is 0 Å². The van der Waals surface area contributed by atoms with Crippen molar-refractivity contribution in [2.75, 3.05) is 27.4 Å². The molecule has 4 rings (SSSR count). The van der Waals surface area contributed by atoms with E-state index >= 15 is 0 Å². The summed E-state index contributed by atoms with van der Waals surface area (Å²) in [4.78, 5) is 28.3. The number of aryl methyl sites for hydroxylation is 2. The topological polar surface area (TPSA) is 85.3 Å². The van der Waals surface area contributed by atoms with Crippen LogP contribution in [-0.2, 0) is 23.8 Å². The Morgan fingerprint density at radius 2 is 1.57 bits per heavy atom. The van der Waals surface area contributed by atoms with E-state index in [9.17, 15) is 14.7 Å². The Morgan fingerprint density at radius 3 is 2.09 bits per heavy atom. The van der Waals surface area contributed by atoms with Crippen molar-refractivity contribution in [3.05, 3.63) is 82.1 Å². The zero-order valence-corrected chi connectivity index (χ0v) is 20.7. The lowest BCUT2D eigenvalue weighted by molar-refractivity contribution is -0.150. The third kappa shape index (κ3) is 4.97. The Hall–Kier alpha value is -3.16. The van der Waals surface area contributed by atoms with Gasteiger partial charge in [0.2, 0.25) is 0 Å². The smallest absolute Gasteiger partial charge is 0.339 e. The van der Waals surface area contributed by atoms with Crippen molar-refractivity contribution >= 4 is 11.9 Å². The fourth-order valence-corrected chi connectivity index (χ4v) is 5.17. The van der Waals surface area contributed by atoms with E-state index in [0.29, 0.717) is 13.2 Å². The van der Waals surface area contributed by atoms with Crippen LogP contribution >= 0.6 is 0 Å². The van der Waals surface area contributed by atoms with Gasteiger partial charge in [-0.2, -0.15) is 0 Å². The van der Waals surface area contributed by atoms with E-state index in [1.165, 1.54) is 14.2 Å². The van der Waals surface area contributed by atoms with E-state index in [-0.39, 0.29) is 17.4 Å². The monoisotopic (exact) mass is 479 g/mol. The molecule has 2 aliphatic rings. The number of ether oxygens (including phenoxy) is 3. The van der Waals surface area contributed by atoms with Crippen LogP contribution in [0.4, 0.5) is 0 Å². The lowest BCUT2D eigenvalue weighted by atomic mass is 9.78. The lowest BCUT2D eigenvalue weighted by Gasteiger charge is -2.46. The molecule has 2 aliphatic heterocycles. The lowest BCUT2D eigenvalue weighted by Crippen LogP contribution is -2.49. The van der Waals surface area contributed by atoms with Crippen molar-refractivity contribution in [2.24, 2.45) is 5.92 Å². The second-order valence-corrected chi connectivity index (χ2v) is 9.29. The highest BCUT2D eigenvalue weighted by Crippen LogP contribution is 2.48. The molecule has 1 saturated heterocycles. The quantitative estimate of drug-likeness (QED) is 0.617. The average molecular weight is 480 g/mol. The molecule has 7 heteroatoms. The maximum Gasteiger partial charge on any atom is 0.339 e. The van der Waals surface area contributed by atoms with E-state index < -0.39 is 29.9 Å². The van der Waals surface area contributed by atoms with Crippen LogP contribution in [0, 0.1) is 19.8 Å². The molecule has 0 saturated carbocycles. The van der Waals surface area contributed by atoms with Crippen molar-refractivity contribution in [2.45, 2.75) is 44.9 Å². The number of nitrogens with zero attached hydrogens (tertiary/aromatic N) is 1. The van der Waals surface area contributed by atoms with Gasteiger partial charge in [-0.05, 0) is 37.8 Å². The number of aliphatic hydroxyl groups is 1. The number of esters is 2. The van der Waals surface area contributed by atoms with Gasteiger partial charge < -0.3 is 19.3 Å². The average Bonchev–Trinajstić information content (AvgIpc) is 3.38. The van der Waals surface area contributed by atoms with Gasteiger partial charge in [0.15, 0.2) is 0 Å². The van der Waals surface area contributed by atoms with Crippen LogP contribution in [0.25, 0.3) is 0 Å². The molecule has 2 aromatic carbocycles. The number of hydrogen-bond acceptors (Lipinski definition) is 7. The number of methoxy groups -OCH3 is 2. The molecule has 2 heterocycles.